The van der Waals surface area contributed by atoms with E-state index in [1.54, 1.807) is 20.3 Å². The summed E-state index contributed by atoms with van der Waals surface area (Å²) >= 11 is 1.32. The fourth-order valence-corrected chi connectivity index (χ4v) is 3.58. The number of carbonyl (C=O) groups is 1. The van der Waals surface area contributed by atoms with E-state index in [2.05, 4.69) is 15.5 Å². The Morgan fingerprint density at radius 2 is 1.87 bits per heavy atom. The minimum absolute atomic E-state index is 0.134. The summed E-state index contributed by atoms with van der Waals surface area (Å²) in [7, 11) is 3.19. The molecule has 0 aliphatic rings. The third kappa shape index (κ3) is 5.44. The Hall–Kier alpha value is -3.20. The second kappa shape index (κ2) is 10.5. The van der Waals surface area contributed by atoms with Crippen LogP contribution in [-0.2, 0) is 17.9 Å². The summed E-state index contributed by atoms with van der Waals surface area (Å²) in [6.07, 6.45) is 0. The Labute approximate surface area is 179 Å². The average Bonchev–Trinajstić information content (AvgIpc) is 3.18. The van der Waals surface area contributed by atoms with Crippen molar-refractivity contribution in [1.29, 1.82) is 0 Å². The number of rotatable bonds is 10. The van der Waals surface area contributed by atoms with E-state index in [-0.39, 0.29) is 18.3 Å². The minimum atomic E-state index is -0.134. The molecule has 0 saturated carbocycles. The van der Waals surface area contributed by atoms with E-state index in [4.69, 9.17) is 14.2 Å². The van der Waals surface area contributed by atoms with Crippen LogP contribution in [0.3, 0.4) is 0 Å². The van der Waals surface area contributed by atoms with Crippen molar-refractivity contribution in [3.63, 3.8) is 0 Å². The second-order valence-corrected chi connectivity index (χ2v) is 7.09. The average molecular weight is 429 g/mol. The number of para-hydroxylation sites is 2. The number of aromatic nitrogens is 3. The van der Waals surface area contributed by atoms with Crippen LogP contribution in [0, 0.1) is 0 Å². The van der Waals surface area contributed by atoms with Crippen LogP contribution >= 0.6 is 11.8 Å². The summed E-state index contributed by atoms with van der Waals surface area (Å²) in [5, 5.41) is 12.0. The first-order valence-corrected chi connectivity index (χ1v) is 10.4. The number of hydrogen-bond acceptors (Lipinski definition) is 7. The predicted octanol–water partition coefficient (Wildman–Crippen LogP) is 3.63. The van der Waals surface area contributed by atoms with Crippen LogP contribution in [-0.4, -0.2) is 40.6 Å². The number of methoxy groups -OCH3 is 2. The minimum Gasteiger partial charge on any atom is -0.497 e. The third-order valence-electron chi connectivity index (χ3n) is 4.22. The molecule has 30 heavy (non-hydrogen) atoms. The predicted molar refractivity (Wildman–Crippen MR) is 115 cm³/mol. The van der Waals surface area contributed by atoms with Crippen LogP contribution in [0.2, 0.25) is 0 Å². The van der Waals surface area contributed by atoms with Crippen LogP contribution in [0.4, 0.5) is 5.69 Å². The van der Waals surface area contributed by atoms with Gasteiger partial charge in [-0.2, -0.15) is 0 Å². The summed E-state index contributed by atoms with van der Waals surface area (Å²) in [5.41, 5.74) is 0.683. The van der Waals surface area contributed by atoms with Gasteiger partial charge < -0.3 is 24.1 Å². The van der Waals surface area contributed by atoms with Gasteiger partial charge >= 0.3 is 0 Å². The van der Waals surface area contributed by atoms with E-state index in [1.165, 1.54) is 11.8 Å². The van der Waals surface area contributed by atoms with Crippen LogP contribution < -0.4 is 19.5 Å². The number of carbonyl (C=O) groups excluding carboxylic acids is 1. The molecule has 0 aliphatic heterocycles. The van der Waals surface area contributed by atoms with Gasteiger partial charge in [-0.3, -0.25) is 4.79 Å². The van der Waals surface area contributed by atoms with Crippen molar-refractivity contribution < 1.29 is 19.0 Å². The van der Waals surface area contributed by atoms with Gasteiger partial charge in [0.05, 0.1) is 20.0 Å². The molecule has 1 heterocycles. The zero-order valence-electron chi connectivity index (χ0n) is 17.1. The molecule has 0 aliphatic carbocycles. The summed E-state index contributed by atoms with van der Waals surface area (Å²) in [6, 6.07) is 14.7. The zero-order valence-corrected chi connectivity index (χ0v) is 17.9. The molecule has 0 spiro atoms. The molecule has 8 nitrogen and oxygen atoms in total. The highest BCUT2D eigenvalue weighted by Crippen LogP contribution is 2.27. The molecule has 1 amide bonds. The summed E-state index contributed by atoms with van der Waals surface area (Å²) < 4.78 is 18.2. The number of benzene rings is 2. The van der Waals surface area contributed by atoms with Crippen molar-refractivity contribution >= 4 is 23.4 Å². The summed E-state index contributed by atoms with van der Waals surface area (Å²) in [4.78, 5) is 12.3. The van der Waals surface area contributed by atoms with Gasteiger partial charge in [0.2, 0.25) is 5.91 Å². The Morgan fingerprint density at radius 3 is 2.60 bits per heavy atom. The molecule has 0 saturated heterocycles. The quantitative estimate of drug-likeness (QED) is 0.494. The van der Waals surface area contributed by atoms with Gasteiger partial charge in [0, 0.05) is 18.3 Å². The Bertz CT molecular complexity index is 993. The van der Waals surface area contributed by atoms with Gasteiger partial charge in [-0.05, 0) is 31.2 Å². The molecule has 158 valence electrons. The monoisotopic (exact) mass is 428 g/mol. The number of thioether (sulfide) groups is 1. The van der Waals surface area contributed by atoms with E-state index in [0.717, 1.165) is 0 Å². The molecule has 0 unspecified atom stereocenters. The van der Waals surface area contributed by atoms with Gasteiger partial charge in [0.25, 0.3) is 0 Å². The van der Waals surface area contributed by atoms with Crippen LogP contribution in [0.25, 0.3) is 0 Å². The molecule has 3 rings (SSSR count). The van der Waals surface area contributed by atoms with E-state index in [1.807, 2.05) is 54.0 Å². The number of nitrogens with one attached hydrogen (secondary N) is 1. The van der Waals surface area contributed by atoms with Crippen molar-refractivity contribution in [2.75, 3.05) is 25.3 Å². The highest BCUT2D eigenvalue weighted by atomic mass is 32.2. The highest BCUT2D eigenvalue weighted by Gasteiger charge is 2.15. The molecule has 3 aromatic rings. The summed E-state index contributed by atoms with van der Waals surface area (Å²) in [6.45, 7) is 2.91. The Balaban J connectivity index is 1.59. The largest absolute Gasteiger partial charge is 0.497 e. The lowest BCUT2D eigenvalue weighted by Gasteiger charge is -2.11. The molecule has 0 fully saturated rings. The fourth-order valence-electron chi connectivity index (χ4n) is 2.76. The van der Waals surface area contributed by atoms with Gasteiger partial charge in [0.15, 0.2) is 22.5 Å². The first-order valence-electron chi connectivity index (χ1n) is 9.39. The van der Waals surface area contributed by atoms with Crippen LogP contribution in [0.5, 0.6) is 17.2 Å². The molecular weight excluding hydrogens is 404 g/mol. The molecule has 2 aromatic carbocycles. The lowest BCUT2D eigenvalue weighted by Crippen LogP contribution is -2.15. The fraction of sp³-hybridized carbons (Fsp3) is 0.286. The molecule has 1 N–H and O–H groups in total. The smallest absolute Gasteiger partial charge is 0.234 e. The molecule has 0 radical (unpaired) electrons. The second-order valence-electron chi connectivity index (χ2n) is 6.15. The molecular formula is C21H24N4O4S. The zero-order chi connectivity index (χ0) is 21.3. The Kier molecular flexibility index (Phi) is 7.56. The van der Waals surface area contributed by atoms with E-state index in [9.17, 15) is 4.79 Å². The van der Waals surface area contributed by atoms with E-state index < -0.39 is 0 Å². The lowest BCUT2D eigenvalue weighted by atomic mass is 10.3. The lowest BCUT2D eigenvalue weighted by molar-refractivity contribution is -0.113. The van der Waals surface area contributed by atoms with Gasteiger partial charge in [-0.15, -0.1) is 10.2 Å². The number of nitrogens with zero attached hydrogens (tertiary/aromatic N) is 3. The van der Waals surface area contributed by atoms with Crippen LogP contribution in [0.15, 0.2) is 53.7 Å². The molecule has 9 heteroatoms. The third-order valence-corrected chi connectivity index (χ3v) is 5.19. The summed E-state index contributed by atoms with van der Waals surface area (Å²) in [5.74, 6) is 2.74. The number of amides is 1. The maximum Gasteiger partial charge on any atom is 0.234 e. The maximum absolute atomic E-state index is 12.3. The molecule has 0 bridgehead atoms. The van der Waals surface area contributed by atoms with Gasteiger partial charge in [-0.1, -0.05) is 30.0 Å². The Morgan fingerprint density at radius 1 is 1.07 bits per heavy atom. The van der Waals surface area contributed by atoms with Crippen molar-refractivity contribution in [1.82, 2.24) is 14.8 Å². The van der Waals surface area contributed by atoms with Gasteiger partial charge in [0.1, 0.15) is 12.4 Å². The standard InChI is InChI=1S/C21H24N4O4S/c1-4-25-19(13-29-18-11-6-5-10-17(18)28-3)23-24-21(25)30-14-20(26)22-15-8-7-9-16(12-15)27-2/h5-12H,4,13-14H2,1-3H3,(H,22,26). The van der Waals surface area contributed by atoms with Crippen molar-refractivity contribution in [2.24, 2.45) is 0 Å². The maximum atomic E-state index is 12.3. The highest BCUT2D eigenvalue weighted by molar-refractivity contribution is 7.99. The van der Waals surface area contributed by atoms with E-state index >= 15 is 0 Å². The first-order chi connectivity index (χ1) is 14.6. The van der Waals surface area contributed by atoms with Crippen molar-refractivity contribution in [2.45, 2.75) is 25.2 Å². The van der Waals surface area contributed by atoms with Crippen LogP contribution in [0.1, 0.15) is 12.7 Å². The SMILES string of the molecule is CCn1c(COc2ccccc2OC)nnc1SCC(=O)Nc1cccc(OC)c1. The first kappa shape index (κ1) is 21.5. The number of ether oxygens (including phenoxy) is 3. The van der Waals surface area contributed by atoms with Crippen molar-refractivity contribution in [3.05, 3.63) is 54.4 Å². The molecule has 0 atom stereocenters. The van der Waals surface area contributed by atoms with E-state index in [0.29, 0.717) is 40.5 Å². The number of hydrogen-bond donors (Lipinski definition) is 1. The number of anilines is 1. The topological polar surface area (TPSA) is 87.5 Å². The van der Waals surface area contributed by atoms with Crippen molar-refractivity contribution in [3.8, 4) is 17.2 Å². The van der Waals surface area contributed by atoms with Gasteiger partial charge in [-0.25, -0.2) is 0 Å². The normalized spacial score (nSPS) is 10.5. The molecule has 1 aromatic heterocycles.